The van der Waals surface area contributed by atoms with Gasteiger partial charge in [-0.25, -0.2) is 0 Å². The van der Waals surface area contributed by atoms with Crippen molar-refractivity contribution in [2.45, 2.75) is 37.6 Å². The third kappa shape index (κ3) is 3.98. The Kier molecular flexibility index (Phi) is 4.93. The van der Waals surface area contributed by atoms with Crippen LogP contribution in [0.5, 0.6) is 0 Å². The first-order chi connectivity index (χ1) is 9.02. The van der Waals surface area contributed by atoms with Crippen molar-refractivity contribution in [1.82, 2.24) is 10.2 Å². The lowest BCUT2D eigenvalue weighted by atomic mass is 9.94. The SMILES string of the molecule is CSC(C)CN1CC(C)(C)NCC1c1ccccc1. The minimum atomic E-state index is 0.212. The smallest absolute Gasteiger partial charge is 0.0474 e. The third-order valence-electron chi connectivity index (χ3n) is 3.89. The average Bonchev–Trinajstić information content (AvgIpc) is 2.39. The van der Waals surface area contributed by atoms with Crippen molar-refractivity contribution in [3.8, 4) is 0 Å². The van der Waals surface area contributed by atoms with Gasteiger partial charge in [0.05, 0.1) is 0 Å². The number of nitrogens with zero attached hydrogens (tertiary/aromatic N) is 1. The van der Waals surface area contributed by atoms with Crippen LogP contribution in [0.15, 0.2) is 30.3 Å². The van der Waals surface area contributed by atoms with Crippen molar-refractivity contribution < 1.29 is 0 Å². The topological polar surface area (TPSA) is 15.3 Å². The predicted molar refractivity (Wildman–Crippen MR) is 85.8 cm³/mol. The highest BCUT2D eigenvalue weighted by molar-refractivity contribution is 7.99. The summed E-state index contributed by atoms with van der Waals surface area (Å²) in [6.07, 6.45) is 2.20. The van der Waals surface area contributed by atoms with Gasteiger partial charge in [0.2, 0.25) is 0 Å². The second-order valence-corrected chi connectivity index (χ2v) is 7.44. The lowest BCUT2D eigenvalue weighted by Gasteiger charge is -2.45. The third-order valence-corrected chi connectivity index (χ3v) is 4.85. The molecule has 0 radical (unpaired) electrons. The first kappa shape index (κ1) is 14.9. The lowest BCUT2D eigenvalue weighted by molar-refractivity contribution is 0.0967. The van der Waals surface area contributed by atoms with E-state index in [1.54, 1.807) is 0 Å². The van der Waals surface area contributed by atoms with Gasteiger partial charge in [-0.1, -0.05) is 37.3 Å². The van der Waals surface area contributed by atoms with E-state index in [4.69, 9.17) is 0 Å². The highest BCUT2D eigenvalue weighted by Crippen LogP contribution is 2.28. The molecule has 1 aliphatic rings. The Labute approximate surface area is 122 Å². The number of benzene rings is 1. The Morgan fingerprint density at radius 2 is 2.05 bits per heavy atom. The minimum absolute atomic E-state index is 0.212. The van der Waals surface area contributed by atoms with Crippen LogP contribution in [-0.4, -0.2) is 41.6 Å². The first-order valence-corrected chi connectivity index (χ1v) is 8.37. The lowest BCUT2D eigenvalue weighted by Crippen LogP contribution is -2.58. The summed E-state index contributed by atoms with van der Waals surface area (Å²) in [7, 11) is 0. The fourth-order valence-corrected chi connectivity index (χ4v) is 3.12. The highest BCUT2D eigenvalue weighted by Gasteiger charge is 2.33. The molecule has 1 fully saturated rings. The summed E-state index contributed by atoms with van der Waals surface area (Å²) < 4.78 is 0. The molecule has 0 spiro atoms. The van der Waals surface area contributed by atoms with E-state index >= 15 is 0 Å². The Morgan fingerprint density at radius 1 is 1.37 bits per heavy atom. The molecule has 1 saturated heterocycles. The quantitative estimate of drug-likeness (QED) is 0.911. The summed E-state index contributed by atoms with van der Waals surface area (Å²) in [5, 5.41) is 4.36. The normalized spacial score (nSPS) is 25.2. The van der Waals surface area contributed by atoms with Crippen molar-refractivity contribution in [2.75, 3.05) is 25.9 Å². The van der Waals surface area contributed by atoms with Gasteiger partial charge < -0.3 is 5.32 Å². The molecule has 3 heteroatoms. The number of piperazine rings is 1. The molecule has 2 nitrogen and oxygen atoms in total. The fraction of sp³-hybridized carbons (Fsp3) is 0.625. The van der Waals surface area contributed by atoms with Gasteiger partial charge in [0.15, 0.2) is 0 Å². The maximum Gasteiger partial charge on any atom is 0.0474 e. The molecule has 0 aliphatic carbocycles. The molecule has 0 aromatic heterocycles. The van der Waals surface area contributed by atoms with Crippen LogP contribution >= 0.6 is 11.8 Å². The minimum Gasteiger partial charge on any atom is -0.309 e. The van der Waals surface area contributed by atoms with Gasteiger partial charge in [0.25, 0.3) is 0 Å². The zero-order chi connectivity index (χ0) is 13.9. The standard InChI is InChI=1S/C16H26N2S/c1-13(19-4)11-18-12-16(2,3)17-10-15(18)14-8-6-5-7-9-14/h5-9,13,15,17H,10-12H2,1-4H3. The second kappa shape index (κ2) is 6.29. The Hall–Kier alpha value is -0.510. The van der Waals surface area contributed by atoms with Crippen LogP contribution in [-0.2, 0) is 0 Å². The number of nitrogens with one attached hydrogen (secondary N) is 1. The molecule has 0 amide bonds. The van der Waals surface area contributed by atoms with Crippen molar-refractivity contribution in [1.29, 1.82) is 0 Å². The molecule has 1 aliphatic heterocycles. The molecular weight excluding hydrogens is 252 g/mol. The van der Waals surface area contributed by atoms with E-state index in [1.165, 1.54) is 5.56 Å². The van der Waals surface area contributed by atoms with Crippen LogP contribution in [0.2, 0.25) is 0 Å². The average molecular weight is 278 g/mol. The Morgan fingerprint density at radius 3 is 2.68 bits per heavy atom. The van der Waals surface area contributed by atoms with E-state index in [-0.39, 0.29) is 5.54 Å². The predicted octanol–water partition coefficient (Wildman–Crippen LogP) is 3.16. The highest BCUT2D eigenvalue weighted by atomic mass is 32.2. The number of hydrogen-bond donors (Lipinski definition) is 1. The maximum atomic E-state index is 3.68. The van der Waals surface area contributed by atoms with Crippen LogP contribution in [0.25, 0.3) is 0 Å². The van der Waals surface area contributed by atoms with Gasteiger partial charge in [-0.05, 0) is 25.7 Å². The molecule has 0 saturated carbocycles. The van der Waals surface area contributed by atoms with Crippen molar-refractivity contribution >= 4 is 11.8 Å². The second-order valence-electron chi connectivity index (χ2n) is 6.17. The van der Waals surface area contributed by atoms with E-state index in [9.17, 15) is 0 Å². The van der Waals surface area contributed by atoms with Gasteiger partial charge in [-0.15, -0.1) is 0 Å². The summed E-state index contributed by atoms with van der Waals surface area (Å²) in [6, 6.07) is 11.4. The molecule has 2 atom stereocenters. The molecule has 2 unspecified atom stereocenters. The van der Waals surface area contributed by atoms with E-state index in [0.717, 1.165) is 19.6 Å². The Bertz CT molecular complexity index is 391. The molecule has 19 heavy (non-hydrogen) atoms. The molecule has 2 rings (SSSR count). The molecule has 1 N–H and O–H groups in total. The molecular formula is C16H26N2S. The van der Waals surface area contributed by atoms with Gasteiger partial charge in [0.1, 0.15) is 0 Å². The van der Waals surface area contributed by atoms with E-state index in [1.807, 2.05) is 11.8 Å². The van der Waals surface area contributed by atoms with Crippen LogP contribution < -0.4 is 5.32 Å². The largest absolute Gasteiger partial charge is 0.309 e. The zero-order valence-corrected chi connectivity index (χ0v) is 13.3. The molecule has 106 valence electrons. The van der Waals surface area contributed by atoms with Gasteiger partial charge in [-0.2, -0.15) is 11.8 Å². The van der Waals surface area contributed by atoms with Crippen molar-refractivity contribution in [3.05, 3.63) is 35.9 Å². The van der Waals surface area contributed by atoms with E-state index < -0.39 is 0 Å². The summed E-state index contributed by atoms with van der Waals surface area (Å²) in [5.41, 5.74) is 1.64. The van der Waals surface area contributed by atoms with Crippen molar-refractivity contribution in [3.63, 3.8) is 0 Å². The summed E-state index contributed by atoms with van der Waals surface area (Å²) >= 11 is 1.95. The monoisotopic (exact) mass is 278 g/mol. The number of hydrogen-bond acceptors (Lipinski definition) is 3. The van der Waals surface area contributed by atoms with Crippen LogP contribution in [0.1, 0.15) is 32.4 Å². The van der Waals surface area contributed by atoms with Crippen LogP contribution in [0.4, 0.5) is 0 Å². The van der Waals surface area contributed by atoms with E-state index in [2.05, 4.69) is 67.6 Å². The molecule has 0 bridgehead atoms. The van der Waals surface area contributed by atoms with Gasteiger partial charge >= 0.3 is 0 Å². The summed E-state index contributed by atoms with van der Waals surface area (Å²) in [6.45, 7) is 10.2. The number of thioether (sulfide) groups is 1. The molecule has 1 aromatic rings. The number of rotatable bonds is 4. The zero-order valence-electron chi connectivity index (χ0n) is 12.5. The van der Waals surface area contributed by atoms with Crippen LogP contribution in [0.3, 0.4) is 0 Å². The van der Waals surface area contributed by atoms with Gasteiger partial charge in [0, 0.05) is 36.5 Å². The summed E-state index contributed by atoms with van der Waals surface area (Å²) in [4.78, 5) is 2.65. The molecule has 1 aromatic carbocycles. The Balaban J connectivity index is 2.15. The van der Waals surface area contributed by atoms with E-state index in [0.29, 0.717) is 11.3 Å². The van der Waals surface area contributed by atoms with Gasteiger partial charge in [-0.3, -0.25) is 4.90 Å². The van der Waals surface area contributed by atoms with Crippen LogP contribution in [0, 0.1) is 0 Å². The molecule has 1 heterocycles. The fourth-order valence-electron chi connectivity index (χ4n) is 2.78. The van der Waals surface area contributed by atoms with Crippen molar-refractivity contribution in [2.24, 2.45) is 0 Å². The summed E-state index contributed by atoms with van der Waals surface area (Å²) in [5.74, 6) is 0. The first-order valence-electron chi connectivity index (χ1n) is 7.08. The maximum absolute atomic E-state index is 3.68.